The van der Waals surface area contributed by atoms with Crippen molar-refractivity contribution in [3.8, 4) is 5.88 Å². The number of hydrogen-bond donors (Lipinski definition) is 1. The molecular weight excluding hydrogens is 308 g/mol. The molecule has 108 valence electrons. The molecule has 0 aliphatic rings. The number of aromatic nitrogens is 1. The van der Waals surface area contributed by atoms with Gasteiger partial charge in [-0.3, -0.25) is 0 Å². The summed E-state index contributed by atoms with van der Waals surface area (Å²) in [6, 6.07) is 2.03. The molecule has 0 radical (unpaired) electrons. The van der Waals surface area contributed by atoms with Gasteiger partial charge < -0.3 is 14.8 Å². The van der Waals surface area contributed by atoms with Crippen molar-refractivity contribution in [3.05, 3.63) is 22.3 Å². The number of ether oxygens (including phenoxy) is 2. The van der Waals surface area contributed by atoms with Gasteiger partial charge in [-0.05, 0) is 34.5 Å². The lowest BCUT2D eigenvalue weighted by Crippen LogP contribution is -2.15. The van der Waals surface area contributed by atoms with Crippen LogP contribution < -0.4 is 10.1 Å². The summed E-state index contributed by atoms with van der Waals surface area (Å²) in [6.45, 7) is 9.90. The Morgan fingerprint density at radius 2 is 2.16 bits per heavy atom. The van der Waals surface area contributed by atoms with Crippen molar-refractivity contribution in [2.45, 2.75) is 27.3 Å². The molecule has 19 heavy (non-hydrogen) atoms. The topological polar surface area (TPSA) is 43.4 Å². The van der Waals surface area contributed by atoms with Gasteiger partial charge in [-0.15, -0.1) is 0 Å². The Hall–Kier alpha value is -0.650. The molecule has 5 heteroatoms. The second kappa shape index (κ2) is 9.28. The molecule has 0 fully saturated rings. The predicted octanol–water partition coefficient (Wildman–Crippen LogP) is 3.01. The van der Waals surface area contributed by atoms with Gasteiger partial charge >= 0.3 is 0 Å². The minimum absolute atomic E-state index is 0.528. The second-order valence-corrected chi connectivity index (χ2v) is 5.63. The maximum atomic E-state index is 5.67. The molecule has 0 saturated heterocycles. The summed E-state index contributed by atoms with van der Waals surface area (Å²) in [5.41, 5.74) is 1.06. The van der Waals surface area contributed by atoms with Gasteiger partial charge in [0.2, 0.25) is 5.88 Å². The van der Waals surface area contributed by atoms with Crippen LogP contribution in [-0.2, 0) is 11.3 Å². The largest absolute Gasteiger partial charge is 0.475 e. The van der Waals surface area contributed by atoms with Crippen molar-refractivity contribution in [2.24, 2.45) is 5.92 Å². The number of nitrogens with zero attached hydrogens (tertiary/aromatic N) is 1. The van der Waals surface area contributed by atoms with Crippen LogP contribution in [0.4, 0.5) is 0 Å². The average Bonchev–Trinajstić information content (AvgIpc) is 2.37. The van der Waals surface area contributed by atoms with E-state index in [2.05, 4.69) is 47.0 Å². The molecule has 1 N–H and O–H groups in total. The van der Waals surface area contributed by atoms with E-state index < -0.39 is 0 Å². The molecule has 4 nitrogen and oxygen atoms in total. The maximum Gasteiger partial charge on any atom is 0.217 e. The lowest BCUT2D eigenvalue weighted by atomic mass is 10.2. The zero-order chi connectivity index (χ0) is 14.1. The molecule has 0 aliphatic heterocycles. The minimum atomic E-state index is 0.528. The van der Waals surface area contributed by atoms with Gasteiger partial charge in [0.15, 0.2) is 0 Å². The molecule has 0 aliphatic carbocycles. The first-order valence-electron chi connectivity index (χ1n) is 6.69. The van der Waals surface area contributed by atoms with E-state index in [-0.39, 0.29) is 0 Å². The van der Waals surface area contributed by atoms with Crippen molar-refractivity contribution in [2.75, 3.05) is 26.4 Å². The van der Waals surface area contributed by atoms with Crippen LogP contribution in [0.3, 0.4) is 0 Å². The third kappa shape index (κ3) is 6.89. The summed E-state index contributed by atoms with van der Waals surface area (Å²) in [7, 11) is 0. The summed E-state index contributed by atoms with van der Waals surface area (Å²) in [4.78, 5) is 4.30. The molecular formula is C14H23BrN2O2. The van der Waals surface area contributed by atoms with Crippen LogP contribution in [0.2, 0.25) is 0 Å². The Bertz CT molecular complexity index is 372. The van der Waals surface area contributed by atoms with Crippen LogP contribution >= 0.6 is 15.9 Å². The number of hydrogen-bond acceptors (Lipinski definition) is 4. The Morgan fingerprint density at radius 1 is 1.37 bits per heavy atom. The van der Waals surface area contributed by atoms with Crippen LogP contribution in [-0.4, -0.2) is 31.3 Å². The number of pyridine rings is 1. The molecule has 1 aromatic rings. The first-order valence-corrected chi connectivity index (χ1v) is 7.48. The molecule has 0 spiro atoms. The van der Waals surface area contributed by atoms with E-state index in [4.69, 9.17) is 9.47 Å². The molecule has 0 bridgehead atoms. The quantitative estimate of drug-likeness (QED) is 0.707. The minimum Gasteiger partial charge on any atom is -0.475 e. The highest BCUT2D eigenvalue weighted by atomic mass is 79.9. The molecule has 0 atom stereocenters. The van der Waals surface area contributed by atoms with Crippen molar-refractivity contribution in [1.29, 1.82) is 0 Å². The fourth-order valence-corrected chi connectivity index (χ4v) is 1.88. The summed E-state index contributed by atoms with van der Waals surface area (Å²) in [6.07, 6.45) is 1.75. The normalized spacial score (nSPS) is 11.0. The number of nitrogens with one attached hydrogen (secondary N) is 1. The Balaban J connectivity index is 2.43. The summed E-state index contributed by atoms with van der Waals surface area (Å²) in [5, 5.41) is 3.28. The standard InChI is InChI=1S/C14H23BrN2O2/c1-4-16-8-12-7-13(15)9-17-14(12)19-6-5-18-10-11(2)3/h7,9,11,16H,4-6,8,10H2,1-3H3. The third-order valence-corrected chi connectivity index (χ3v) is 2.81. The van der Waals surface area contributed by atoms with Crippen molar-refractivity contribution in [3.63, 3.8) is 0 Å². The maximum absolute atomic E-state index is 5.67. The summed E-state index contributed by atoms with van der Waals surface area (Å²) < 4.78 is 12.1. The zero-order valence-electron chi connectivity index (χ0n) is 11.9. The predicted molar refractivity (Wildman–Crippen MR) is 80.5 cm³/mol. The molecule has 1 heterocycles. The van der Waals surface area contributed by atoms with Gasteiger partial charge in [0, 0.05) is 29.4 Å². The van der Waals surface area contributed by atoms with Crippen molar-refractivity contribution >= 4 is 15.9 Å². The van der Waals surface area contributed by atoms with Gasteiger partial charge in [0.05, 0.1) is 6.61 Å². The van der Waals surface area contributed by atoms with Crippen LogP contribution in [0.25, 0.3) is 0 Å². The van der Waals surface area contributed by atoms with Gasteiger partial charge in [-0.25, -0.2) is 4.98 Å². The highest BCUT2D eigenvalue weighted by Crippen LogP contribution is 2.19. The van der Waals surface area contributed by atoms with Crippen molar-refractivity contribution < 1.29 is 9.47 Å². The molecule has 0 aromatic carbocycles. The lowest BCUT2D eigenvalue weighted by molar-refractivity contribution is 0.0803. The van der Waals surface area contributed by atoms with Gasteiger partial charge in [-0.2, -0.15) is 0 Å². The fraction of sp³-hybridized carbons (Fsp3) is 0.643. The van der Waals surface area contributed by atoms with Crippen LogP contribution in [0.5, 0.6) is 5.88 Å². The average molecular weight is 331 g/mol. The Labute approximate surface area is 124 Å². The van der Waals surface area contributed by atoms with Crippen LogP contribution in [0.15, 0.2) is 16.7 Å². The van der Waals surface area contributed by atoms with Gasteiger partial charge in [0.1, 0.15) is 6.61 Å². The van der Waals surface area contributed by atoms with E-state index in [9.17, 15) is 0 Å². The highest BCUT2D eigenvalue weighted by Gasteiger charge is 2.06. The molecule has 0 amide bonds. The van der Waals surface area contributed by atoms with Crippen molar-refractivity contribution in [1.82, 2.24) is 10.3 Å². The first kappa shape index (κ1) is 16.4. The molecule has 0 saturated carbocycles. The van der Waals surface area contributed by atoms with E-state index in [0.717, 1.165) is 29.7 Å². The summed E-state index contributed by atoms with van der Waals surface area (Å²) >= 11 is 3.43. The lowest BCUT2D eigenvalue weighted by Gasteiger charge is -2.12. The van der Waals surface area contributed by atoms with Crippen LogP contribution in [0.1, 0.15) is 26.3 Å². The zero-order valence-corrected chi connectivity index (χ0v) is 13.5. The van der Waals surface area contributed by atoms with E-state index in [1.807, 2.05) is 6.07 Å². The smallest absolute Gasteiger partial charge is 0.217 e. The number of rotatable bonds is 9. The van der Waals surface area contributed by atoms with Gasteiger partial charge in [0.25, 0.3) is 0 Å². The van der Waals surface area contributed by atoms with E-state index in [1.54, 1.807) is 6.20 Å². The van der Waals surface area contributed by atoms with Crippen LogP contribution in [0, 0.1) is 5.92 Å². The van der Waals surface area contributed by atoms with Gasteiger partial charge in [-0.1, -0.05) is 20.8 Å². The SMILES string of the molecule is CCNCc1cc(Br)cnc1OCCOCC(C)C. The molecule has 1 rings (SSSR count). The monoisotopic (exact) mass is 330 g/mol. The number of halogens is 1. The van der Waals surface area contributed by atoms with E-state index >= 15 is 0 Å². The second-order valence-electron chi connectivity index (χ2n) is 4.72. The van der Waals surface area contributed by atoms with E-state index in [0.29, 0.717) is 25.0 Å². The summed E-state index contributed by atoms with van der Waals surface area (Å²) in [5.74, 6) is 1.23. The first-order chi connectivity index (χ1) is 9.13. The molecule has 0 unspecified atom stereocenters. The Morgan fingerprint density at radius 3 is 2.84 bits per heavy atom. The third-order valence-electron chi connectivity index (χ3n) is 2.38. The fourth-order valence-electron chi connectivity index (χ4n) is 1.50. The Kier molecular flexibility index (Phi) is 8.02. The highest BCUT2D eigenvalue weighted by molar-refractivity contribution is 9.10. The van der Waals surface area contributed by atoms with E-state index in [1.165, 1.54) is 0 Å². The molecule has 1 aromatic heterocycles.